The number of rotatable bonds is 2. The average molecular weight is 394 g/mol. The standard InChI is InChI=1S/C22H27BN2O4/c1-20(2,27)13-10-11-14-17(12-13)25(19(24)26)16-9-7-8-15(18(14)16)23-28-21(3,4)22(5,6)29-23/h7-12,27H,1-6H3,(H2,24,26). The molecule has 3 N–H and O–H groups in total. The molecule has 0 saturated carbocycles. The van der Waals surface area contributed by atoms with Gasteiger partial charge in [-0.05, 0) is 64.7 Å². The molecular weight excluding hydrogens is 367 g/mol. The monoisotopic (exact) mass is 394 g/mol. The SMILES string of the molecule is CC(C)(O)c1ccc2c3c(B4OC(C)(C)C(C)(C)O4)cccc3n(C(N)=O)c2c1. The minimum Gasteiger partial charge on any atom is -0.399 e. The van der Waals surface area contributed by atoms with Crippen molar-refractivity contribution >= 4 is 40.4 Å². The van der Waals surface area contributed by atoms with E-state index in [1.807, 2.05) is 64.1 Å². The second kappa shape index (κ2) is 6.08. The summed E-state index contributed by atoms with van der Waals surface area (Å²) in [5.41, 5.74) is 6.63. The Labute approximate surface area is 170 Å². The summed E-state index contributed by atoms with van der Waals surface area (Å²) in [5.74, 6) is 0. The lowest BCUT2D eigenvalue weighted by Gasteiger charge is -2.32. The van der Waals surface area contributed by atoms with Gasteiger partial charge in [-0.25, -0.2) is 4.79 Å². The van der Waals surface area contributed by atoms with Crippen molar-refractivity contribution in [3.63, 3.8) is 0 Å². The zero-order valence-corrected chi connectivity index (χ0v) is 17.7. The molecule has 2 heterocycles. The molecule has 1 amide bonds. The molecule has 6 nitrogen and oxygen atoms in total. The molecule has 1 fully saturated rings. The van der Waals surface area contributed by atoms with Gasteiger partial charge in [0.25, 0.3) is 0 Å². The van der Waals surface area contributed by atoms with Gasteiger partial charge in [0.05, 0.1) is 27.8 Å². The second-order valence-electron chi connectivity index (χ2n) is 9.29. The minimum absolute atomic E-state index is 0.476. The summed E-state index contributed by atoms with van der Waals surface area (Å²) in [7, 11) is -0.565. The Kier molecular flexibility index (Phi) is 4.18. The molecule has 29 heavy (non-hydrogen) atoms. The fraction of sp³-hybridized carbons (Fsp3) is 0.409. The first-order valence-corrected chi connectivity index (χ1v) is 9.79. The lowest BCUT2D eigenvalue weighted by Crippen LogP contribution is -2.41. The van der Waals surface area contributed by atoms with Crippen molar-refractivity contribution in [3.05, 3.63) is 42.0 Å². The number of hydrogen-bond donors (Lipinski definition) is 2. The number of primary amides is 1. The van der Waals surface area contributed by atoms with E-state index in [0.29, 0.717) is 16.6 Å². The molecule has 4 rings (SSSR count). The molecule has 1 saturated heterocycles. The van der Waals surface area contributed by atoms with E-state index in [-0.39, 0.29) is 0 Å². The van der Waals surface area contributed by atoms with Crippen molar-refractivity contribution < 1.29 is 19.2 Å². The van der Waals surface area contributed by atoms with Crippen LogP contribution >= 0.6 is 0 Å². The Hall–Kier alpha value is -2.35. The number of benzene rings is 2. The first-order chi connectivity index (χ1) is 13.3. The van der Waals surface area contributed by atoms with Crippen molar-refractivity contribution in [2.75, 3.05) is 0 Å². The molecule has 1 aliphatic rings. The maximum absolute atomic E-state index is 12.3. The number of nitrogens with two attached hydrogens (primary N) is 1. The Morgan fingerprint density at radius 2 is 1.69 bits per heavy atom. The van der Waals surface area contributed by atoms with E-state index in [1.54, 1.807) is 13.8 Å². The molecule has 0 radical (unpaired) electrons. The predicted molar refractivity (Wildman–Crippen MR) is 115 cm³/mol. The number of aliphatic hydroxyl groups is 1. The Morgan fingerprint density at radius 3 is 2.24 bits per heavy atom. The number of amides is 1. The van der Waals surface area contributed by atoms with Crippen LogP contribution in [0, 0.1) is 0 Å². The third-order valence-corrected chi connectivity index (χ3v) is 6.26. The van der Waals surface area contributed by atoms with Crippen molar-refractivity contribution in [1.29, 1.82) is 0 Å². The number of hydrogen-bond acceptors (Lipinski definition) is 4. The van der Waals surface area contributed by atoms with E-state index in [0.717, 1.165) is 16.2 Å². The first kappa shape index (κ1) is 19.9. The van der Waals surface area contributed by atoms with Gasteiger partial charge >= 0.3 is 13.1 Å². The zero-order valence-electron chi connectivity index (χ0n) is 17.7. The van der Waals surface area contributed by atoms with Gasteiger partial charge in [-0.3, -0.25) is 4.57 Å². The summed E-state index contributed by atoms with van der Waals surface area (Å²) < 4.78 is 14.0. The minimum atomic E-state index is -1.04. The Morgan fingerprint density at radius 1 is 1.07 bits per heavy atom. The van der Waals surface area contributed by atoms with Crippen LogP contribution in [0.15, 0.2) is 36.4 Å². The summed E-state index contributed by atoms with van der Waals surface area (Å²) in [4.78, 5) is 12.3. The van der Waals surface area contributed by atoms with E-state index in [9.17, 15) is 9.90 Å². The van der Waals surface area contributed by atoms with E-state index in [1.165, 1.54) is 4.57 Å². The Balaban J connectivity index is 2.02. The van der Waals surface area contributed by atoms with Gasteiger partial charge in [0, 0.05) is 10.8 Å². The maximum atomic E-state index is 12.3. The van der Waals surface area contributed by atoms with Gasteiger partial charge in [-0.1, -0.05) is 24.3 Å². The van der Waals surface area contributed by atoms with Crippen LogP contribution in [0.3, 0.4) is 0 Å². The van der Waals surface area contributed by atoms with E-state index < -0.39 is 30.0 Å². The number of nitrogens with zero attached hydrogens (tertiary/aromatic N) is 1. The third kappa shape index (κ3) is 2.96. The quantitative estimate of drug-likeness (QED) is 0.654. The highest BCUT2D eigenvalue weighted by Crippen LogP contribution is 2.38. The van der Waals surface area contributed by atoms with Gasteiger partial charge in [0.2, 0.25) is 0 Å². The summed E-state index contributed by atoms with van der Waals surface area (Å²) >= 11 is 0. The van der Waals surface area contributed by atoms with Crippen molar-refractivity contribution in [2.24, 2.45) is 5.73 Å². The van der Waals surface area contributed by atoms with Crippen LogP contribution < -0.4 is 11.2 Å². The van der Waals surface area contributed by atoms with Crippen LogP contribution in [0.1, 0.15) is 47.1 Å². The molecular formula is C22H27BN2O4. The van der Waals surface area contributed by atoms with Crippen LogP contribution in [0.25, 0.3) is 21.8 Å². The van der Waals surface area contributed by atoms with Gasteiger partial charge in [0.15, 0.2) is 0 Å². The largest absolute Gasteiger partial charge is 0.495 e. The number of carbonyl (C=O) groups is 1. The molecule has 0 atom stereocenters. The molecule has 0 bridgehead atoms. The zero-order chi connectivity index (χ0) is 21.4. The maximum Gasteiger partial charge on any atom is 0.495 e. The van der Waals surface area contributed by atoms with Gasteiger partial charge < -0.3 is 20.1 Å². The van der Waals surface area contributed by atoms with Crippen LogP contribution in [-0.2, 0) is 14.9 Å². The van der Waals surface area contributed by atoms with Gasteiger partial charge in [-0.2, -0.15) is 0 Å². The summed E-state index contributed by atoms with van der Waals surface area (Å²) in [6.07, 6.45) is 0. The topological polar surface area (TPSA) is 86.7 Å². The molecule has 2 aromatic carbocycles. The molecule has 152 valence electrons. The highest BCUT2D eigenvalue weighted by Gasteiger charge is 2.52. The van der Waals surface area contributed by atoms with Crippen LogP contribution in [0.4, 0.5) is 4.79 Å². The summed E-state index contributed by atoms with van der Waals surface area (Å²) in [6.45, 7) is 11.5. The molecule has 1 aliphatic heterocycles. The second-order valence-corrected chi connectivity index (χ2v) is 9.29. The predicted octanol–water partition coefficient (Wildman–Crippen LogP) is 3.25. The Bertz CT molecular complexity index is 1130. The van der Waals surface area contributed by atoms with Crippen molar-refractivity contribution in [2.45, 2.75) is 58.3 Å². The highest BCUT2D eigenvalue weighted by molar-refractivity contribution is 6.66. The fourth-order valence-corrected chi connectivity index (χ4v) is 3.88. The third-order valence-electron chi connectivity index (χ3n) is 6.26. The van der Waals surface area contributed by atoms with Crippen LogP contribution in [0.5, 0.6) is 0 Å². The highest BCUT2D eigenvalue weighted by atomic mass is 16.7. The van der Waals surface area contributed by atoms with E-state index in [4.69, 9.17) is 15.0 Å². The molecule has 1 aromatic heterocycles. The smallest absolute Gasteiger partial charge is 0.399 e. The number of aromatic nitrogens is 1. The normalized spacial score (nSPS) is 18.7. The lowest BCUT2D eigenvalue weighted by atomic mass is 9.76. The van der Waals surface area contributed by atoms with Gasteiger partial charge in [-0.15, -0.1) is 0 Å². The van der Waals surface area contributed by atoms with E-state index in [2.05, 4.69) is 0 Å². The van der Waals surface area contributed by atoms with Gasteiger partial charge in [0.1, 0.15) is 0 Å². The van der Waals surface area contributed by atoms with Crippen molar-refractivity contribution in [3.8, 4) is 0 Å². The molecule has 0 aliphatic carbocycles. The average Bonchev–Trinajstić information content (AvgIpc) is 3.04. The number of fused-ring (bicyclic) bond motifs is 3. The fourth-order valence-electron chi connectivity index (χ4n) is 3.88. The molecule has 7 heteroatoms. The lowest BCUT2D eigenvalue weighted by molar-refractivity contribution is 0.00578. The van der Waals surface area contributed by atoms with Crippen molar-refractivity contribution in [1.82, 2.24) is 4.57 Å². The van der Waals surface area contributed by atoms with Crippen LogP contribution in [0.2, 0.25) is 0 Å². The summed E-state index contributed by atoms with van der Waals surface area (Å²) in [5, 5.41) is 12.2. The van der Waals surface area contributed by atoms with E-state index >= 15 is 0 Å². The molecule has 0 unspecified atom stereocenters. The molecule has 0 spiro atoms. The number of carbonyl (C=O) groups excluding carboxylic acids is 1. The molecule has 3 aromatic rings. The van der Waals surface area contributed by atoms with Crippen LogP contribution in [-0.4, -0.2) is 34.0 Å². The summed E-state index contributed by atoms with van der Waals surface area (Å²) in [6, 6.07) is 10.7. The first-order valence-electron chi connectivity index (χ1n) is 9.79.